The standard InChI is InChI=1S/C14H15Cl2NO/c1-14(2,10-15)13(18)17-8-4-6-11-5-3-7-12(16)9-11/h3,5,7,9H,8,10H2,1-2H3,(H,17,18). The fourth-order valence-electron chi connectivity index (χ4n) is 1.14. The molecule has 1 amide bonds. The fraction of sp³-hybridized carbons (Fsp3) is 0.357. The van der Waals surface area contributed by atoms with Gasteiger partial charge in [0, 0.05) is 16.5 Å². The van der Waals surface area contributed by atoms with E-state index in [9.17, 15) is 4.79 Å². The van der Waals surface area contributed by atoms with Gasteiger partial charge in [-0.25, -0.2) is 0 Å². The lowest BCUT2D eigenvalue weighted by Gasteiger charge is -2.19. The molecule has 0 aliphatic carbocycles. The molecule has 18 heavy (non-hydrogen) atoms. The first-order valence-corrected chi connectivity index (χ1v) is 6.45. The number of nitrogens with one attached hydrogen (secondary N) is 1. The molecule has 0 bridgehead atoms. The van der Waals surface area contributed by atoms with Crippen LogP contribution in [0.4, 0.5) is 0 Å². The molecule has 1 aromatic rings. The number of hydrogen-bond acceptors (Lipinski definition) is 1. The molecule has 0 heterocycles. The Hall–Kier alpha value is -1.17. The number of amides is 1. The largest absolute Gasteiger partial charge is 0.345 e. The second-order valence-corrected chi connectivity index (χ2v) is 5.22. The third-order valence-electron chi connectivity index (χ3n) is 2.34. The van der Waals surface area contributed by atoms with E-state index in [1.807, 2.05) is 12.1 Å². The van der Waals surface area contributed by atoms with Crippen molar-refractivity contribution in [2.75, 3.05) is 12.4 Å². The SMILES string of the molecule is CC(C)(CCl)C(=O)NCC#Cc1cccc(Cl)c1. The van der Waals surface area contributed by atoms with Gasteiger partial charge in [-0.05, 0) is 32.0 Å². The van der Waals surface area contributed by atoms with Gasteiger partial charge in [0.05, 0.1) is 12.0 Å². The summed E-state index contributed by atoms with van der Waals surface area (Å²) >= 11 is 11.5. The monoisotopic (exact) mass is 283 g/mol. The third kappa shape index (κ3) is 4.60. The summed E-state index contributed by atoms with van der Waals surface area (Å²) in [5, 5.41) is 3.38. The van der Waals surface area contributed by atoms with Crippen LogP contribution in [-0.2, 0) is 4.79 Å². The third-order valence-corrected chi connectivity index (χ3v) is 3.25. The Bertz CT molecular complexity index is 486. The Kier molecular flexibility index (Phi) is 5.53. The van der Waals surface area contributed by atoms with Gasteiger partial charge in [0.2, 0.25) is 5.91 Å². The number of halogens is 2. The van der Waals surface area contributed by atoms with Crippen molar-refractivity contribution in [3.8, 4) is 11.8 Å². The van der Waals surface area contributed by atoms with E-state index in [2.05, 4.69) is 17.2 Å². The quantitative estimate of drug-likeness (QED) is 0.670. The van der Waals surface area contributed by atoms with Crippen LogP contribution in [0.5, 0.6) is 0 Å². The van der Waals surface area contributed by atoms with Crippen LogP contribution in [0.2, 0.25) is 5.02 Å². The van der Waals surface area contributed by atoms with E-state index in [1.165, 1.54) is 0 Å². The predicted octanol–water partition coefficient (Wildman–Crippen LogP) is 3.07. The number of carbonyl (C=O) groups excluding carboxylic acids is 1. The number of hydrogen-bond donors (Lipinski definition) is 1. The normalized spacial score (nSPS) is 10.4. The van der Waals surface area contributed by atoms with E-state index in [0.29, 0.717) is 11.6 Å². The first-order chi connectivity index (χ1) is 8.45. The molecule has 0 saturated heterocycles. The minimum absolute atomic E-state index is 0.0992. The first-order valence-electron chi connectivity index (χ1n) is 5.54. The second-order valence-electron chi connectivity index (χ2n) is 4.51. The van der Waals surface area contributed by atoms with Gasteiger partial charge in [0.15, 0.2) is 0 Å². The van der Waals surface area contributed by atoms with Crippen LogP contribution in [0.1, 0.15) is 19.4 Å². The van der Waals surface area contributed by atoms with Crippen LogP contribution >= 0.6 is 23.2 Å². The van der Waals surface area contributed by atoms with Crippen LogP contribution in [0, 0.1) is 17.3 Å². The molecule has 96 valence electrons. The summed E-state index contributed by atoms with van der Waals surface area (Å²) in [6.45, 7) is 3.88. The van der Waals surface area contributed by atoms with Crippen molar-refractivity contribution in [1.82, 2.24) is 5.32 Å². The van der Waals surface area contributed by atoms with Crippen LogP contribution in [0.3, 0.4) is 0 Å². The highest BCUT2D eigenvalue weighted by Gasteiger charge is 2.25. The van der Waals surface area contributed by atoms with Gasteiger partial charge in [0.25, 0.3) is 0 Å². The minimum atomic E-state index is -0.570. The zero-order valence-corrected chi connectivity index (χ0v) is 11.9. The summed E-state index contributed by atoms with van der Waals surface area (Å²) in [7, 11) is 0. The molecule has 0 aliphatic rings. The predicted molar refractivity (Wildman–Crippen MR) is 75.8 cm³/mol. The summed E-state index contributed by atoms with van der Waals surface area (Å²) in [5.74, 6) is 5.98. The molecule has 0 fully saturated rings. The van der Waals surface area contributed by atoms with Crippen LogP contribution in [-0.4, -0.2) is 18.3 Å². The molecule has 0 unspecified atom stereocenters. The zero-order valence-electron chi connectivity index (χ0n) is 10.4. The van der Waals surface area contributed by atoms with Gasteiger partial charge < -0.3 is 5.32 Å². The summed E-state index contributed by atoms with van der Waals surface area (Å²) in [4.78, 5) is 11.7. The molecule has 4 heteroatoms. The Labute approximate surface area is 118 Å². The van der Waals surface area contributed by atoms with E-state index in [1.54, 1.807) is 26.0 Å². The molecule has 0 spiro atoms. The maximum absolute atomic E-state index is 11.7. The number of benzene rings is 1. The number of alkyl halides is 1. The molecule has 0 atom stereocenters. The molecular formula is C14H15Cl2NO. The lowest BCUT2D eigenvalue weighted by atomic mass is 9.95. The molecule has 0 aromatic heterocycles. The highest BCUT2D eigenvalue weighted by atomic mass is 35.5. The van der Waals surface area contributed by atoms with Crippen LogP contribution in [0.15, 0.2) is 24.3 Å². The molecule has 1 rings (SSSR count). The van der Waals surface area contributed by atoms with Gasteiger partial charge in [-0.3, -0.25) is 4.79 Å². The molecule has 0 aliphatic heterocycles. The van der Waals surface area contributed by atoms with Crippen LogP contribution < -0.4 is 5.32 Å². The Morgan fingerprint density at radius 1 is 1.44 bits per heavy atom. The van der Waals surface area contributed by atoms with Gasteiger partial charge in [-0.1, -0.05) is 29.5 Å². The maximum atomic E-state index is 11.7. The smallest absolute Gasteiger partial charge is 0.227 e. The van der Waals surface area contributed by atoms with Crippen molar-refractivity contribution in [3.63, 3.8) is 0 Å². The summed E-state index contributed by atoms with van der Waals surface area (Å²) in [6.07, 6.45) is 0. The van der Waals surface area contributed by atoms with Crippen LogP contribution in [0.25, 0.3) is 0 Å². The van der Waals surface area contributed by atoms with E-state index < -0.39 is 5.41 Å². The second kappa shape index (κ2) is 6.68. The lowest BCUT2D eigenvalue weighted by Crippen LogP contribution is -2.38. The minimum Gasteiger partial charge on any atom is -0.345 e. The summed E-state index contributed by atoms with van der Waals surface area (Å²) in [5.41, 5.74) is 0.257. The Morgan fingerprint density at radius 3 is 2.78 bits per heavy atom. The number of carbonyl (C=O) groups is 1. The molecular weight excluding hydrogens is 269 g/mol. The fourth-order valence-corrected chi connectivity index (χ4v) is 1.45. The van der Waals surface area contributed by atoms with Crippen molar-refractivity contribution < 1.29 is 4.79 Å². The molecule has 2 nitrogen and oxygen atoms in total. The summed E-state index contributed by atoms with van der Waals surface area (Å²) in [6, 6.07) is 7.27. The maximum Gasteiger partial charge on any atom is 0.227 e. The van der Waals surface area contributed by atoms with Crippen molar-refractivity contribution in [1.29, 1.82) is 0 Å². The average molecular weight is 284 g/mol. The average Bonchev–Trinajstić information content (AvgIpc) is 2.34. The topological polar surface area (TPSA) is 29.1 Å². The van der Waals surface area contributed by atoms with Crippen molar-refractivity contribution in [3.05, 3.63) is 34.9 Å². The van der Waals surface area contributed by atoms with Crippen molar-refractivity contribution >= 4 is 29.1 Å². The van der Waals surface area contributed by atoms with E-state index in [0.717, 1.165) is 5.56 Å². The van der Waals surface area contributed by atoms with Gasteiger partial charge in [0.1, 0.15) is 0 Å². The van der Waals surface area contributed by atoms with Gasteiger partial charge >= 0.3 is 0 Å². The summed E-state index contributed by atoms with van der Waals surface area (Å²) < 4.78 is 0. The highest BCUT2D eigenvalue weighted by molar-refractivity contribution is 6.30. The first kappa shape index (κ1) is 14.9. The van der Waals surface area contributed by atoms with Gasteiger partial charge in [-0.2, -0.15) is 0 Å². The highest BCUT2D eigenvalue weighted by Crippen LogP contribution is 2.16. The van der Waals surface area contributed by atoms with E-state index in [-0.39, 0.29) is 11.8 Å². The number of rotatable bonds is 3. The lowest BCUT2D eigenvalue weighted by molar-refractivity contribution is -0.128. The zero-order chi connectivity index (χ0) is 13.6. The molecule has 1 aromatic carbocycles. The van der Waals surface area contributed by atoms with Crippen molar-refractivity contribution in [2.45, 2.75) is 13.8 Å². The molecule has 1 N–H and O–H groups in total. The Balaban J connectivity index is 2.51. The molecule has 0 radical (unpaired) electrons. The van der Waals surface area contributed by atoms with Gasteiger partial charge in [-0.15, -0.1) is 11.6 Å². The van der Waals surface area contributed by atoms with Crippen molar-refractivity contribution in [2.24, 2.45) is 5.41 Å². The van der Waals surface area contributed by atoms with E-state index in [4.69, 9.17) is 23.2 Å². The van der Waals surface area contributed by atoms with E-state index >= 15 is 0 Å². The Morgan fingerprint density at radius 2 is 2.17 bits per heavy atom. The molecule has 0 saturated carbocycles.